The summed E-state index contributed by atoms with van der Waals surface area (Å²) < 4.78 is 113. The third kappa shape index (κ3) is 5.06. The molecule has 0 fully saturated rings. The highest BCUT2D eigenvalue weighted by Crippen LogP contribution is 2.34. The van der Waals surface area contributed by atoms with Crippen LogP contribution in [-0.4, -0.2) is 29.9 Å². The number of aromatic amines is 1. The van der Waals surface area contributed by atoms with Gasteiger partial charge < -0.3 is 9.88 Å². The van der Waals surface area contributed by atoms with Crippen molar-refractivity contribution in [3.05, 3.63) is 28.2 Å². The first-order valence-corrected chi connectivity index (χ1v) is 5.83. The molecule has 0 radical (unpaired) electrons. The summed E-state index contributed by atoms with van der Waals surface area (Å²) >= 11 is 0. The molecule has 0 aliphatic carbocycles. The van der Waals surface area contributed by atoms with E-state index in [1.807, 2.05) is 0 Å². The van der Waals surface area contributed by atoms with Crippen molar-refractivity contribution in [3.63, 3.8) is 0 Å². The summed E-state index contributed by atoms with van der Waals surface area (Å²) in [6.07, 6.45) is -15.1. The molecule has 3 nitrogen and oxygen atoms in total. The van der Waals surface area contributed by atoms with Gasteiger partial charge in [0.1, 0.15) is 18.2 Å². The van der Waals surface area contributed by atoms with Crippen LogP contribution in [0.2, 0.25) is 0 Å². The lowest BCUT2D eigenvalue weighted by Crippen LogP contribution is -2.48. The third-order valence-electron chi connectivity index (χ3n) is 2.82. The Kier molecular flexibility index (Phi) is 4.97. The van der Waals surface area contributed by atoms with Gasteiger partial charge in [-0.25, -0.2) is 0 Å². The summed E-state index contributed by atoms with van der Waals surface area (Å²) in [5, 5.41) is 0. The van der Waals surface area contributed by atoms with E-state index in [-0.39, 0.29) is 11.0 Å². The number of H-pyrrole nitrogens is 1. The van der Waals surface area contributed by atoms with Gasteiger partial charge in [-0.1, -0.05) is 0 Å². The molecule has 0 aromatic carbocycles. The van der Waals surface area contributed by atoms with Crippen LogP contribution in [0.25, 0.3) is 0 Å². The maximum Gasteiger partial charge on any atom is 0.421 e. The van der Waals surface area contributed by atoms with Gasteiger partial charge in [0.2, 0.25) is 0 Å². The molecule has 1 N–H and O–H groups in total. The monoisotopic (exact) mass is 356 g/mol. The second-order valence-electron chi connectivity index (χ2n) is 4.56. The van der Waals surface area contributed by atoms with Crippen LogP contribution in [0.1, 0.15) is 12.5 Å². The Morgan fingerprint density at radius 1 is 1.09 bits per heavy atom. The molecule has 1 aromatic rings. The van der Waals surface area contributed by atoms with Crippen LogP contribution in [0.5, 0.6) is 0 Å². The Balaban J connectivity index is 3.41. The number of pyridine rings is 1. The first-order chi connectivity index (χ1) is 10.1. The van der Waals surface area contributed by atoms with Gasteiger partial charge in [0, 0.05) is 6.20 Å². The lowest BCUT2D eigenvalue weighted by atomic mass is 10.2. The Hall–Kier alpha value is -1.88. The maximum absolute atomic E-state index is 12.7. The topological polar surface area (TPSA) is 36.1 Å². The average molecular weight is 356 g/mol. The van der Waals surface area contributed by atoms with E-state index >= 15 is 0 Å². The highest BCUT2D eigenvalue weighted by Gasteiger charge is 2.45. The van der Waals surface area contributed by atoms with Gasteiger partial charge in [0.05, 0.1) is 5.69 Å². The summed E-state index contributed by atoms with van der Waals surface area (Å²) in [5.41, 5.74) is -4.62. The predicted octanol–water partition coefficient (Wildman–Crippen LogP) is 3.71. The number of halogens is 9. The molecule has 23 heavy (non-hydrogen) atoms. The van der Waals surface area contributed by atoms with Gasteiger partial charge in [-0.05, 0) is 13.0 Å². The zero-order valence-electron chi connectivity index (χ0n) is 11.2. The fraction of sp³-hybridized carbons (Fsp3) is 0.545. The first-order valence-electron chi connectivity index (χ1n) is 5.83. The molecule has 0 aliphatic heterocycles. The van der Waals surface area contributed by atoms with Crippen molar-refractivity contribution in [3.8, 4) is 0 Å². The van der Waals surface area contributed by atoms with Crippen LogP contribution in [-0.2, 0) is 6.18 Å². The summed E-state index contributed by atoms with van der Waals surface area (Å²) in [5.74, 6) is 0. The minimum atomic E-state index is -5.23. The van der Waals surface area contributed by atoms with Gasteiger partial charge in [-0.3, -0.25) is 4.79 Å². The van der Waals surface area contributed by atoms with Gasteiger partial charge in [-0.2, -0.15) is 39.5 Å². The molecule has 132 valence electrons. The van der Waals surface area contributed by atoms with E-state index in [1.165, 1.54) is 4.98 Å². The molecule has 1 atom stereocenters. The molecule has 0 saturated carbocycles. The van der Waals surface area contributed by atoms with Gasteiger partial charge in [-0.15, -0.1) is 0 Å². The van der Waals surface area contributed by atoms with Crippen molar-refractivity contribution in [2.75, 3.05) is 11.4 Å². The number of anilines is 1. The Morgan fingerprint density at radius 3 is 2.00 bits per heavy atom. The minimum absolute atomic E-state index is 0.0488. The van der Waals surface area contributed by atoms with Crippen LogP contribution in [0.15, 0.2) is 17.1 Å². The van der Waals surface area contributed by atoms with Crippen LogP contribution in [0.4, 0.5) is 45.2 Å². The molecule has 1 heterocycles. The molecule has 0 bridgehead atoms. The lowest BCUT2D eigenvalue weighted by Gasteiger charge is -2.33. The van der Waals surface area contributed by atoms with E-state index in [1.54, 1.807) is 0 Å². The highest BCUT2D eigenvalue weighted by molar-refractivity contribution is 5.48. The van der Waals surface area contributed by atoms with Crippen LogP contribution < -0.4 is 10.5 Å². The highest BCUT2D eigenvalue weighted by atomic mass is 19.4. The molecule has 0 saturated heterocycles. The fourth-order valence-corrected chi connectivity index (χ4v) is 1.67. The number of nitrogens with zero attached hydrogens (tertiary/aromatic N) is 1. The van der Waals surface area contributed by atoms with Gasteiger partial charge in [0.25, 0.3) is 5.56 Å². The van der Waals surface area contributed by atoms with Crippen molar-refractivity contribution < 1.29 is 39.5 Å². The van der Waals surface area contributed by atoms with Crippen molar-refractivity contribution >= 4 is 5.69 Å². The SMILES string of the molecule is CC(N(CC(F)(F)F)c1c[nH]c(=O)c(C(F)(F)F)c1)C(F)(F)F. The normalized spacial score (nSPS) is 14.7. The quantitative estimate of drug-likeness (QED) is 0.839. The van der Waals surface area contributed by atoms with Crippen molar-refractivity contribution in [2.45, 2.75) is 31.5 Å². The first kappa shape index (κ1) is 19.2. The van der Waals surface area contributed by atoms with Gasteiger partial charge in [0.15, 0.2) is 0 Å². The molecular formula is C11H9F9N2O. The Labute approximate surface area is 122 Å². The maximum atomic E-state index is 12.7. The molecule has 0 aliphatic rings. The molecular weight excluding hydrogens is 347 g/mol. The Bertz CT molecular complexity index is 599. The minimum Gasteiger partial charge on any atom is -0.350 e. The van der Waals surface area contributed by atoms with Gasteiger partial charge >= 0.3 is 18.5 Å². The van der Waals surface area contributed by atoms with Crippen molar-refractivity contribution in [2.24, 2.45) is 0 Å². The number of hydrogen-bond acceptors (Lipinski definition) is 2. The summed E-state index contributed by atoms with van der Waals surface area (Å²) in [4.78, 5) is 12.2. The van der Waals surface area contributed by atoms with E-state index in [2.05, 4.69) is 0 Å². The number of hydrogen-bond donors (Lipinski definition) is 1. The molecule has 0 spiro atoms. The molecule has 1 rings (SSSR count). The van der Waals surface area contributed by atoms with Crippen LogP contribution >= 0.6 is 0 Å². The van der Waals surface area contributed by atoms with E-state index < -0.39 is 47.9 Å². The van der Waals surface area contributed by atoms with Crippen LogP contribution in [0.3, 0.4) is 0 Å². The zero-order valence-corrected chi connectivity index (χ0v) is 11.2. The second kappa shape index (κ2) is 5.96. The van der Waals surface area contributed by atoms with Crippen molar-refractivity contribution in [1.29, 1.82) is 0 Å². The number of aromatic nitrogens is 1. The summed E-state index contributed by atoms with van der Waals surface area (Å²) in [6, 6.07) is -2.77. The van der Waals surface area contributed by atoms with Crippen molar-refractivity contribution in [1.82, 2.24) is 4.98 Å². The lowest BCUT2D eigenvalue weighted by molar-refractivity contribution is -0.156. The fourth-order valence-electron chi connectivity index (χ4n) is 1.67. The predicted molar refractivity (Wildman–Crippen MR) is 61.0 cm³/mol. The average Bonchev–Trinajstić information content (AvgIpc) is 2.32. The number of nitrogens with one attached hydrogen (secondary N) is 1. The third-order valence-corrected chi connectivity index (χ3v) is 2.82. The second-order valence-corrected chi connectivity index (χ2v) is 4.56. The van der Waals surface area contributed by atoms with E-state index in [4.69, 9.17) is 0 Å². The number of rotatable bonds is 3. The smallest absolute Gasteiger partial charge is 0.350 e. The molecule has 0 amide bonds. The van der Waals surface area contributed by atoms with E-state index in [0.717, 1.165) is 0 Å². The Morgan fingerprint density at radius 2 is 1.61 bits per heavy atom. The van der Waals surface area contributed by atoms with Crippen LogP contribution in [0, 0.1) is 0 Å². The summed E-state index contributed by atoms with van der Waals surface area (Å²) in [7, 11) is 0. The zero-order chi connectivity index (χ0) is 18.2. The summed E-state index contributed by atoms with van der Waals surface area (Å²) in [6.45, 7) is -1.78. The van der Waals surface area contributed by atoms with E-state index in [9.17, 15) is 44.3 Å². The molecule has 1 unspecified atom stereocenters. The number of alkyl halides is 9. The standard InChI is InChI=1S/C11H9F9N2O/c1-5(10(15,16)17)22(4-9(12,13)14)6-2-7(11(18,19)20)8(23)21-3-6/h2-3,5H,4H2,1H3,(H,21,23). The van der Waals surface area contributed by atoms with E-state index in [0.29, 0.717) is 13.1 Å². The largest absolute Gasteiger partial charge is 0.421 e. The molecule has 1 aromatic heterocycles. The molecule has 12 heteroatoms.